The van der Waals surface area contributed by atoms with Gasteiger partial charge in [0.25, 0.3) is 0 Å². The molecule has 0 saturated heterocycles. The van der Waals surface area contributed by atoms with Crippen molar-refractivity contribution in [3.05, 3.63) is 129 Å². The van der Waals surface area contributed by atoms with Gasteiger partial charge < -0.3 is 0 Å². The van der Waals surface area contributed by atoms with Gasteiger partial charge in [-0.3, -0.25) is 0 Å². The minimum Gasteiger partial charge on any atom is -0.0655 e. The highest BCUT2D eigenvalue weighted by atomic mass is 28.2. The van der Waals surface area contributed by atoms with E-state index in [0.717, 1.165) is 12.8 Å². The number of hydrogen-bond donors (Lipinski definition) is 0. The van der Waals surface area contributed by atoms with Crippen molar-refractivity contribution < 1.29 is 0 Å². The Bertz CT molecular complexity index is 1430. The van der Waals surface area contributed by atoms with Gasteiger partial charge in [-0.1, -0.05) is 134 Å². The maximum absolute atomic E-state index is 2.48. The topological polar surface area (TPSA) is 0 Å². The van der Waals surface area contributed by atoms with Crippen molar-refractivity contribution in [1.29, 1.82) is 0 Å². The zero-order valence-electron chi connectivity index (χ0n) is 23.9. The number of hydrogen-bond acceptors (Lipinski definition) is 0. The molecule has 2 unspecified atom stereocenters. The van der Waals surface area contributed by atoms with E-state index in [1.165, 1.54) is 56.6 Å². The number of aryl methyl sites for hydroxylation is 2. The number of fused-ring (bicyclic) bond motifs is 2. The van der Waals surface area contributed by atoms with Crippen LogP contribution < -0.4 is 0 Å². The second-order valence-corrected chi connectivity index (χ2v) is 13.4. The molecule has 2 aliphatic carbocycles. The fourth-order valence-electron chi connectivity index (χ4n) is 6.88. The summed E-state index contributed by atoms with van der Waals surface area (Å²) in [6.45, 7) is 9.16. The highest BCUT2D eigenvalue weighted by molar-refractivity contribution is 6.36. The van der Waals surface area contributed by atoms with Gasteiger partial charge in [-0.15, -0.1) is 0 Å². The maximum Gasteiger partial charge on any atom is 0.0218 e. The summed E-state index contributed by atoms with van der Waals surface area (Å²) in [5.74, 6) is 1.19. The van der Waals surface area contributed by atoms with Crippen LogP contribution in [0.2, 0.25) is 12.1 Å². The quantitative estimate of drug-likeness (QED) is 0.201. The van der Waals surface area contributed by atoms with Crippen LogP contribution in [0.3, 0.4) is 0 Å². The summed E-state index contributed by atoms with van der Waals surface area (Å²) in [7, 11) is -0.239. The lowest BCUT2D eigenvalue weighted by Gasteiger charge is -2.19. The average molecular weight is 525 g/mol. The Morgan fingerprint density at radius 2 is 0.949 bits per heavy atom. The molecule has 2 atom stereocenters. The highest BCUT2D eigenvalue weighted by Gasteiger charge is 2.27. The van der Waals surface area contributed by atoms with Gasteiger partial charge in [0, 0.05) is 21.4 Å². The molecule has 0 amide bonds. The van der Waals surface area contributed by atoms with E-state index in [2.05, 4.69) is 125 Å². The number of benzene rings is 4. The summed E-state index contributed by atoms with van der Waals surface area (Å²) < 4.78 is 0. The summed E-state index contributed by atoms with van der Waals surface area (Å²) in [5, 5.41) is 0. The molecule has 0 nitrogen and oxygen atoms in total. The maximum atomic E-state index is 2.48. The normalized spacial score (nSPS) is 17.8. The molecule has 0 N–H and O–H groups in total. The minimum absolute atomic E-state index is 0.239. The summed E-state index contributed by atoms with van der Waals surface area (Å²) in [5.41, 5.74) is 17.4. The van der Waals surface area contributed by atoms with Crippen molar-refractivity contribution in [3.63, 3.8) is 0 Å². The average Bonchev–Trinajstić information content (AvgIpc) is 3.48. The Kier molecular flexibility index (Phi) is 7.27. The van der Waals surface area contributed by atoms with Gasteiger partial charge in [0.1, 0.15) is 0 Å². The van der Waals surface area contributed by atoms with Crippen molar-refractivity contribution in [2.24, 2.45) is 0 Å². The highest BCUT2D eigenvalue weighted by Crippen LogP contribution is 2.45. The first-order valence-corrected chi connectivity index (χ1v) is 16.9. The Morgan fingerprint density at radius 3 is 1.33 bits per heavy atom. The van der Waals surface area contributed by atoms with Crippen LogP contribution in [-0.4, -0.2) is 9.52 Å². The Labute approximate surface area is 237 Å². The van der Waals surface area contributed by atoms with Crippen LogP contribution in [0.25, 0.3) is 34.4 Å². The van der Waals surface area contributed by atoms with Gasteiger partial charge in [0.05, 0.1) is 0 Å². The fraction of sp³-hybridized carbons (Fsp3) is 0.263. The molecule has 196 valence electrons. The predicted octanol–water partition coefficient (Wildman–Crippen LogP) is 9.85. The molecule has 0 saturated carbocycles. The largest absolute Gasteiger partial charge is 0.0655 e. The fourth-order valence-corrected chi connectivity index (χ4v) is 9.46. The van der Waals surface area contributed by atoms with E-state index in [0.29, 0.717) is 11.8 Å². The van der Waals surface area contributed by atoms with Crippen molar-refractivity contribution >= 4 is 21.7 Å². The summed E-state index contributed by atoms with van der Waals surface area (Å²) in [4.78, 5) is 0. The molecule has 0 fully saturated rings. The summed E-state index contributed by atoms with van der Waals surface area (Å²) in [6, 6.07) is 35.0. The van der Waals surface area contributed by atoms with Crippen LogP contribution in [0.4, 0.5) is 0 Å². The first-order chi connectivity index (χ1) is 19.1. The van der Waals surface area contributed by atoms with E-state index in [4.69, 9.17) is 0 Å². The minimum atomic E-state index is -0.239. The lowest BCUT2D eigenvalue weighted by Crippen LogP contribution is -2.06. The lowest BCUT2D eigenvalue weighted by molar-refractivity contribution is 0.876. The molecule has 4 aromatic rings. The van der Waals surface area contributed by atoms with E-state index < -0.39 is 0 Å². The lowest BCUT2D eigenvalue weighted by atomic mass is 9.93. The van der Waals surface area contributed by atoms with Crippen LogP contribution >= 0.6 is 0 Å². The van der Waals surface area contributed by atoms with Gasteiger partial charge in [-0.05, 0) is 82.3 Å². The van der Waals surface area contributed by atoms with Crippen LogP contribution in [0, 0.1) is 0 Å². The zero-order chi connectivity index (χ0) is 26.9. The standard InChI is InChI=1S/C38H40Si/c1-5-27-13-17-29(18-14-27)31-9-7-11-33-35(31)21-25(3)37(33)23-39-24-38-26(4)22-36-32(10-8-12-34(36)38)30-19-15-28(6-2)16-20-30/h7-22,37-38H,5-6,23-24,39H2,1-4H3. The Morgan fingerprint density at radius 1 is 0.538 bits per heavy atom. The second kappa shape index (κ2) is 11.0. The van der Waals surface area contributed by atoms with Crippen LogP contribution in [0.15, 0.2) is 96.1 Å². The molecule has 39 heavy (non-hydrogen) atoms. The first kappa shape index (κ1) is 25.8. The second-order valence-electron chi connectivity index (χ2n) is 11.5. The molecule has 2 aliphatic rings. The smallest absolute Gasteiger partial charge is 0.0218 e. The molecule has 0 heterocycles. The molecule has 0 aliphatic heterocycles. The third-order valence-corrected chi connectivity index (χ3v) is 11.2. The number of allylic oxidation sites excluding steroid dienone is 2. The Hall–Kier alpha value is -3.42. The zero-order valence-corrected chi connectivity index (χ0v) is 25.3. The van der Waals surface area contributed by atoms with E-state index in [9.17, 15) is 0 Å². The molecule has 0 radical (unpaired) electrons. The molecular weight excluding hydrogens is 485 g/mol. The molecule has 0 aromatic heterocycles. The van der Waals surface area contributed by atoms with E-state index in [1.54, 1.807) is 22.3 Å². The van der Waals surface area contributed by atoms with Gasteiger partial charge in [-0.2, -0.15) is 0 Å². The van der Waals surface area contributed by atoms with Crippen molar-refractivity contribution in [2.45, 2.75) is 64.5 Å². The Balaban J connectivity index is 1.19. The van der Waals surface area contributed by atoms with Gasteiger partial charge in [0.15, 0.2) is 0 Å². The van der Waals surface area contributed by atoms with Crippen molar-refractivity contribution in [2.75, 3.05) is 0 Å². The van der Waals surface area contributed by atoms with Crippen LogP contribution in [0.1, 0.15) is 72.9 Å². The first-order valence-electron chi connectivity index (χ1n) is 14.9. The third kappa shape index (κ3) is 4.90. The molecule has 6 rings (SSSR count). The third-order valence-electron chi connectivity index (χ3n) is 9.21. The van der Waals surface area contributed by atoms with E-state index in [-0.39, 0.29) is 9.52 Å². The van der Waals surface area contributed by atoms with Crippen molar-refractivity contribution in [1.82, 2.24) is 0 Å². The molecule has 0 bridgehead atoms. The molecule has 1 heteroatoms. The molecule has 0 spiro atoms. The molecular formula is C38H40Si. The predicted molar refractivity (Wildman–Crippen MR) is 173 cm³/mol. The van der Waals surface area contributed by atoms with Crippen LogP contribution in [-0.2, 0) is 12.8 Å². The summed E-state index contributed by atoms with van der Waals surface area (Å²) in [6.07, 6.45) is 7.13. The van der Waals surface area contributed by atoms with E-state index >= 15 is 0 Å². The van der Waals surface area contributed by atoms with Gasteiger partial charge >= 0.3 is 0 Å². The van der Waals surface area contributed by atoms with Gasteiger partial charge in [-0.25, -0.2) is 0 Å². The monoisotopic (exact) mass is 524 g/mol. The van der Waals surface area contributed by atoms with Crippen molar-refractivity contribution in [3.8, 4) is 22.3 Å². The SMILES string of the molecule is CCc1ccc(-c2cccc3c2C=C(C)C3C[SiH2]CC2C(C)=Cc3c(-c4ccc(CC)cc4)cccc32)cc1. The van der Waals surface area contributed by atoms with Gasteiger partial charge in [0.2, 0.25) is 0 Å². The van der Waals surface area contributed by atoms with Crippen LogP contribution in [0.5, 0.6) is 0 Å². The molecule has 4 aromatic carbocycles. The number of rotatable bonds is 8. The van der Waals surface area contributed by atoms with E-state index in [1.807, 2.05) is 0 Å². The summed E-state index contributed by atoms with van der Waals surface area (Å²) >= 11 is 0.